The molecule has 14 heavy (non-hydrogen) atoms. The van der Waals surface area contributed by atoms with E-state index < -0.39 is 0 Å². The third kappa shape index (κ3) is 3.69. The van der Waals surface area contributed by atoms with Gasteiger partial charge in [0.05, 0.1) is 12.5 Å². The number of hydrogen-bond donors (Lipinski definition) is 0. The van der Waals surface area contributed by atoms with Crippen molar-refractivity contribution in [1.82, 2.24) is 0 Å². The second-order valence-corrected chi connectivity index (χ2v) is 4.20. The van der Waals surface area contributed by atoms with Gasteiger partial charge >= 0.3 is 5.97 Å². The van der Waals surface area contributed by atoms with Gasteiger partial charge in [-0.05, 0) is 25.7 Å². The smallest absolute Gasteiger partial charge is 0.309 e. The highest BCUT2D eigenvalue weighted by atomic mass is 16.5. The van der Waals surface area contributed by atoms with Crippen LogP contribution in [0, 0.1) is 11.8 Å². The van der Waals surface area contributed by atoms with Crippen molar-refractivity contribution >= 4 is 5.97 Å². The zero-order valence-corrected chi connectivity index (χ0v) is 9.42. The molecule has 2 atom stereocenters. The molecule has 0 aromatic heterocycles. The Morgan fingerprint density at radius 1 is 1.29 bits per heavy atom. The molecule has 2 nitrogen and oxygen atoms in total. The van der Waals surface area contributed by atoms with E-state index in [0.29, 0.717) is 12.5 Å². The summed E-state index contributed by atoms with van der Waals surface area (Å²) in [5.74, 6) is 0.926. The van der Waals surface area contributed by atoms with E-state index in [1.807, 2.05) is 6.92 Å². The fourth-order valence-corrected chi connectivity index (χ4v) is 1.94. The van der Waals surface area contributed by atoms with E-state index in [0.717, 1.165) is 6.42 Å². The zero-order valence-electron chi connectivity index (χ0n) is 9.42. The summed E-state index contributed by atoms with van der Waals surface area (Å²) in [5, 5.41) is 0. The van der Waals surface area contributed by atoms with Gasteiger partial charge in [0.2, 0.25) is 0 Å². The third-order valence-electron chi connectivity index (χ3n) is 2.94. The van der Waals surface area contributed by atoms with Crippen LogP contribution in [0.3, 0.4) is 0 Å². The maximum atomic E-state index is 11.3. The topological polar surface area (TPSA) is 26.3 Å². The molecule has 0 aromatic rings. The van der Waals surface area contributed by atoms with Crippen molar-refractivity contribution < 1.29 is 9.53 Å². The van der Waals surface area contributed by atoms with Crippen molar-refractivity contribution in [1.29, 1.82) is 0 Å². The van der Waals surface area contributed by atoms with E-state index in [4.69, 9.17) is 4.74 Å². The zero-order chi connectivity index (χ0) is 10.4. The lowest BCUT2D eigenvalue weighted by molar-refractivity contribution is -0.145. The largest absolute Gasteiger partial charge is 0.466 e. The molecule has 0 saturated heterocycles. The molecule has 0 radical (unpaired) electrons. The monoisotopic (exact) mass is 198 g/mol. The van der Waals surface area contributed by atoms with Crippen molar-refractivity contribution in [2.24, 2.45) is 11.8 Å². The minimum Gasteiger partial charge on any atom is -0.466 e. The molecule has 1 aliphatic carbocycles. The van der Waals surface area contributed by atoms with Gasteiger partial charge in [-0.1, -0.05) is 32.6 Å². The molecule has 1 aliphatic rings. The van der Waals surface area contributed by atoms with Crippen LogP contribution in [0.2, 0.25) is 0 Å². The number of ether oxygens (including phenoxy) is 1. The molecule has 82 valence electrons. The molecule has 0 amide bonds. The van der Waals surface area contributed by atoms with Gasteiger partial charge in [-0.2, -0.15) is 0 Å². The standard InChI is InChI=1S/C12H22O2/c1-3-5-6-7-8-10-9-11(10)12(13)14-4-2/h10-11H,3-9H2,1-2H3/t10-,11-/m0/s1. The molecule has 0 heterocycles. The predicted molar refractivity (Wildman–Crippen MR) is 57.0 cm³/mol. The SMILES string of the molecule is CCCCCC[C@H]1C[C@@H]1C(=O)OCC. The minimum atomic E-state index is 0.0352. The third-order valence-corrected chi connectivity index (χ3v) is 2.94. The maximum absolute atomic E-state index is 11.3. The molecule has 1 fully saturated rings. The molecule has 1 rings (SSSR count). The van der Waals surface area contributed by atoms with Gasteiger partial charge in [0.25, 0.3) is 0 Å². The highest BCUT2D eigenvalue weighted by Gasteiger charge is 2.43. The fourth-order valence-electron chi connectivity index (χ4n) is 1.94. The summed E-state index contributed by atoms with van der Waals surface area (Å²) in [5.41, 5.74) is 0. The lowest BCUT2D eigenvalue weighted by Crippen LogP contribution is -2.07. The van der Waals surface area contributed by atoms with Crippen molar-refractivity contribution in [3.05, 3.63) is 0 Å². The summed E-state index contributed by atoms with van der Waals surface area (Å²) in [7, 11) is 0. The highest BCUT2D eigenvalue weighted by Crippen LogP contribution is 2.43. The summed E-state index contributed by atoms with van der Waals surface area (Å²) < 4.78 is 4.98. The first-order chi connectivity index (χ1) is 6.79. The average Bonchev–Trinajstić information content (AvgIpc) is 2.92. The maximum Gasteiger partial charge on any atom is 0.309 e. The van der Waals surface area contributed by atoms with E-state index in [9.17, 15) is 4.79 Å². The second-order valence-electron chi connectivity index (χ2n) is 4.20. The molecular formula is C12H22O2. The van der Waals surface area contributed by atoms with E-state index in [-0.39, 0.29) is 11.9 Å². The normalized spacial score (nSPS) is 24.7. The van der Waals surface area contributed by atoms with E-state index in [1.165, 1.54) is 32.1 Å². The van der Waals surface area contributed by atoms with Gasteiger partial charge in [-0.25, -0.2) is 0 Å². The van der Waals surface area contributed by atoms with Crippen LogP contribution in [-0.4, -0.2) is 12.6 Å². The minimum absolute atomic E-state index is 0.0352. The van der Waals surface area contributed by atoms with Crippen LogP contribution in [0.4, 0.5) is 0 Å². The fraction of sp³-hybridized carbons (Fsp3) is 0.917. The molecule has 1 saturated carbocycles. The summed E-state index contributed by atoms with van der Waals surface area (Å²) in [4.78, 5) is 11.3. The first-order valence-corrected chi connectivity index (χ1v) is 5.96. The van der Waals surface area contributed by atoms with Crippen LogP contribution < -0.4 is 0 Å². The number of hydrogen-bond acceptors (Lipinski definition) is 2. The quantitative estimate of drug-likeness (QED) is 0.464. The van der Waals surface area contributed by atoms with Gasteiger partial charge in [-0.3, -0.25) is 4.79 Å². The Hall–Kier alpha value is -0.530. The van der Waals surface area contributed by atoms with Crippen LogP contribution >= 0.6 is 0 Å². The Morgan fingerprint density at radius 3 is 2.71 bits per heavy atom. The highest BCUT2D eigenvalue weighted by molar-refractivity contribution is 5.75. The second kappa shape index (κ2) is 6.05. The summed E-state index contributed by atoms with van der Waals surface area (Å²) in [6.45, 7) is 4.62. The predicted octanol–water partition coefficient (Wildman–Crippen LogP) is 3.16. The van der Waals surface area contributed by atoms with Gasteiger partial charge in [0.15, 0.2) is 0 Å². The number of unbranched alkanes of at least 4 members (excludes halogenated alkanes) is 3. The summed E-state index contributed by atoms with van der Waals surface area (Å²) in [6, 6.07) is 0. The molecule has 0 aromatic carbocycles. The van der Waals surface area contributed by atoms with Gasteiger partial charge < -0.3 is 4.74 Å². The van der Waals surface area contributed by atoms with Gasteiger partial charge in [-0.15, -0.1) is 0 Å². The molecule has 0 unspecified atom stereocenters. The molecular weight excluding hydrogens is 176 g/mol. The Morgan fingerprint density at radius 2 is 2.07 bits per heavy atom. The van der Waals surface area contributed by atoms with E-state index >= 15 is 0 Å². The Kier molecular flexibility index (Phi) is 4.99. The lowest BCUT2D eigenvalue weighted by atomic mass is 10.1. The Labute approximate surface area is 87.0 Å². The number of carbonyl (C=O) groups is 1. The molecule has 0 N–H and O–H groups in total. The van der Waals surface area contributed by atoms with Crippen molar-refractivity contribution in [3.63, 3.8) is 0 Å². The van der Waals surface area contributed by atoms with Crippen molar-refractivity contribution in [2.75, 3.05) is 6.61 Å². The summed E-state index contributed by atoms with van der Waals surface area (Å²) in [6.07, 6.45) is 7.52. The van der Waals surface area contributed by atoms with Crippen LogP contribution in [0.25, 0.3) is 0 Å². The average molecular weight is 198 g/mol. The van der Waals surface area contributed by atoms with Gasteiger partial charge in [0.1, 0.15) is 0 Å². The Balaban J connectivity index is 1.99. The molecule has 0 spiro atoms. The summed E-state index contributed by atoms with van der Waals surface area (Å²) >= 11 is 0. The first-order valence-electron chi connectivity index (χ1n) is 5.96. The molecule has 0 aliphatic heterocycles. The molecule has 0 bridgehead atoms. The van der Waals surface area contributed by atoms with Crippen molar-refractivity contribution in [3.8, 4) is 0 Å². The lowest BCUT2D eigenvalue weighted by Gasteiger charge is -2.00. The van der Waals surface area contributed by atoms with Crippen molar-refractivity contribution in [2.45, 2.75) is 52.4 Å². The van der Waals surface area contributed by atoms with E-state index in [1.54, 1.807) is 0 Å². The van der Waals surface area contributed by atoms with E-state index in [2.05, 4.69) is 6.92 Å². The van der Waals surface area contributed by atoms with Crippen LogP contribution in [0.15, 0.2) is 0 Å². The molecule has 2 heteroatoms. The van der Waals surface area contributed by atoms with Crippen LogP contribution in [0.1, 0.15) is 52.4 Å². The number of carbonyl (C=O) groups excluding carboxylic acids is 1. The Bertz CT molecular complexity index is 177. The number of rotatable bonds is 7. The number of esters is 1. The first kappa shape index (κ1) is 11.5. The van der Waals surface area contributed by atoms with Gasteiger partial charge in [0, 0.05) is 0 Å². The van der Waals surface area contributed by atoms with Crippen LogP contribution in [-0.2, 0) is 9.53 Å². The van der Waals surface area contributed by atoms with Crippen LogP contribution in [0.5, 0.6) is 0 Å².